The lowest BCUT2D eigenvalue weighted by atomic mass is 9.83. The van der Waals surface area contributed by atoms with Crippen molar-refractivity contribution in [3.05, 3.63) is 64.4 Å². The number of hydrogen-bond acceptors (Lipinski definition) is 8. The Kier molecular flexibility index (Phi) is 9.32. The van der Waals surface area contributed by atoms with E-state index in [1.54, 1.807) is 6.21 Å². The number of piperazine rings is 1. The van der Waals surface area contributed by atoms with Gasteiger partial charge in [-0.2, -0.15) is 10.5 Å². The van der Waals surface area contributed by atoms with Gasteiger partial charge >= 0.3 is 0 Å². The van der Waals surface area contributed by atoms with E-state index < -0.39 is 35.6 Å². The van der Waals surface area contributed by atoms with E-state index in [0.717, 1.165) is 56.2 Å². The lowest BCUT2D eigenvalue weighted by Crippen LogP contribution is -2.56. The Labute approximate surface area is 268 Å². The first-order valence-electron chi connectivity index (χ1n) is 16.2. The SMILES string of the molecule is C=C(F)C(=O)N1CCN(C2=C(CC#N)C(OC[C@@H]3CCCN3C)=NC3C(F)=C(c4cccc5c4CCCC5)N=CC23)C[C@@H]1CC#N. The first kappa shape index (κ1) is 31.6. The van der Waals surface area contributed by atoms with Gasteiger partial charge in [0.15, 0.2) is 11.7 Å². The molecule has 2 unspecified atom stereocenters. The highest BCUT2D eigenvalue weighted by molar-refractivity contribution is 5.98. The maximum atomic E-state index is 16.9. The first-order valence-corrected chi connectivity index (χ1v) is 16.2. The Morgan fingerprint density at radius 2 is 1.96 bits per heavy atom. The van der Waals surface area contributed by atoms with Crippen LogP contribution >= 0.6 is 0 Å². The molecule has 4 aliphatic heterocycles. The molecule has 1 aromatic rings. The number of likely N-dealkylation sites (tertiary alicyclic amines) is 1. The third-order valence-electron chi connectivity index (χ3n) is 9.96. The molecule has 0 saturated carbocycles. The summed E-state index contributed by atoms with van der Waals surface area (Å²) in [5.41, 5.74) is 4.62. The van der Waals surface area contributed by atoms with Gasteiger partial charge in [0, 0.05) is 48.7 Å². The van der Waals surface area contributed by atoms with Gasteiger partial charge in [-0.3, -0.25) is 9.79 Å². The number of nitriles is 2. The van der Waals surface area contributed by atoms with E-state index in [2.05, 4.69) is 29.7 Å². The fourth-order valence-corrected chi connectivity index (χ4v) is 7.58. The van der Waals surface area contributed by atoms with Crippen molar-refractivity contribution in [1.82, 2.24) is 14.7 Å². The maximum Gasteiger partial charge on any atom is 0.282 e. The van der Waals surface area contributed by atoms with Gasteiger partial charge in [0.2, 0.25) is 5.90 Å². The summed E-state index contributed by atoms with van der Waals surface area (Å²) in [6.45, 7) is 5.08. The number of ether oxygens (including phenoxy) is 1. The number of likely N-dealkylation sites (N-methyl/N-ethyl adjacent to an activating group) is 1. The molecule has 0 N–H and O–H groups in total. The predicted octanol–water partition coefficient (Wildman–Crippen LogP) is 4.87. The van der Waals surface area contributed by atoms with Crippen molar-refractivity contribution in [2.75, 3.05) is 39.8 Å². The molecule has 46 heavy (non-hydrogen) atoms. The van der Waals surface area contributed by atoms with Crippen LogP contribution in [-0.4, -0.2) is 90.7 Å². The summed E-state index contributed by atoms with van der Waals surface area (Å²) < 4.78 is 37.2. The molecule has 2 saturated heterocycles. The Hall–Kier alpha value is -4.35. The Bertz CT molecular complexity index is 1620. The average Bonchev–Trinajstić information content (AvgIpc) is 3.48. The van der Waals surface area contributed by atoms with Gasteiger partial charge in [0.1, 0.15) is 18.3 Å². The highest BCUT2D eigenvalue weighted by Crippen LogP contribution is 2.42. The van der Waals surface area contributed by atoms with Gasteiger partial charge in [0.05, 0.1) is 36.9 Å². The maximum absolute atomic E-state index is 16.9. The third kappa shape index (κ3) is 5.96. The number of rotatable bonds is 7. The second-order valence-electron chi connectivity index (χ2n) is 12.7. The minimum Gasteiger partial charge on any atom is -0.476 e. The molecule has 1 amide bonds. The van der Waals surface area contributed by atoms with Gasteiger partial charge in [-0.05, 0) is 63.2 Å². The average molecular weight is 628 g/mol. The van der Waals surface area contributed by atoms with Crippen molar-refractivity contribution < 1.29 is 18.3 Å². The van der Waals surface area contributed by atoms with Crippen LogP contribution in [0.3, 0.4) is 0 Å². The van der Waals surface area contributed by atoms with E-state index in [1.165, 1.54) is 10.5 Å². The van der Waals surface area contributed by atoms with Crippen LogP contribution in [0.5, 0.6) is 0 Å². The van der Waals surface area contributed by atoms with E-state index in [4.69, 9.17) is 14.7 Å². The summed E-state index contributed by atoms with van der Waals surface area (Å²) in [5.74, 6) is -2.77. The molecular formula is C35H39F2N7O2. The fraction of sp³-hybridized carbons (Fsp3) is 0.514. The predicted molar refractivity (Wildman–Crippen MR) is 171 cm³/mol. The van der Waals surface area contributed by atoms with Crippen LogP contribution in [0, 0.1) is 28.6 Å². The summed E-state index contributed by atoms with van der Waals surface area (Å²) in [4.78, 5) is 27.7. The second-order valence-corrected chi connectivity index (χ2v) is 12.7. The molecular weight excluding hydrogens is 588 g/mol. The number of aliphatic imine (C=N–C) groups is 2. The molecule has 0 spiro atoms. The highest BCUT2D eigenvalue weighted by Gasteiger charge is 2.44. The molecule has 11 heteroatoms. The molecule has 1 aromatic carbocycles. The molecule has 0 aromatic heterocycles. The van der Waals surface area contributed by atoms with Crippen molar-refractivity contribution >= 4 is 23.7 Å². The molecule has 4 atom stereocenters. The van der Waals surface area contributed by atoms with Gasteiger partial charge in [0.25, 0.3) is 5.91 Å². The lowest BCUT2D eigenvalue weighted by molar-refractivity contribution is -0.133. The number of dihydropyridines is 1. The zero-order valence-electron chi connectivity index (χ0n) is 26.2. The fourth-order valence-electron chi connectivity index (χ4n) is 7.58. The number of nitrogens with zero attached hydrogens (tertiary/aromatic N) is 7. The molecule has 9 nitrogen and oxygen atoms in total. The highest BCUT2D eigenvalue weighted by atomic mass is 19.1. The van der Waals surface area contributed by atoms with E-state index in [9.17, 15) is 19.7 Å². The Balaban J connectivity index is 1.41. The zero-order chi connectivity index (χ0) is 32.4. The van der Waals surface area contributed by atoms with Crippen molar-refractivity contribution in [2.45, 2.75) is 69.5 Å². The Morgan fingerprint density at radius 1 is 1.13 bits per heavy atom. The third-order valence-corrected chi connectivity index (χ3v) is 9.96. The number of amides is 1. The second kappa shape index (κ2) is 13.6. The van der Waals surface area contributed by atoms with E-state index in [0.29, 0.717) is 17.9 Å². The number of carbonyl (C=O) groups is 1. The summed E-state index contributed by atoms with van der Waals surface area (Å²) in [6, 6.07) is 8.93. The van der Waals surface area contributed by atoms with Crippen molar-refractivity contribution in [3.8, 4) is 12.1 Å². The van der Waals surface area contributed by atoms with Crippen LogP contribution < -0.4 is 0 Å². The van der Waals surface area contributed by atoms with Crippen molar-refractivity contribution in [2.24, 2.45) is 15.9 Å². The van der Waals surface area contributed by atoms with Crippen molar-refractivity contribution in [1.29, 1.82) is 10.5 Å². The van der Waals surface area contributed by atoms with Crippen LogP contribution in [0.2, 0.25) is 0 Å². The molecule has 5 aliphatic rings. The van der Waals surface area contributed by atoms with Gasteiger partial charge in [-0.25, -0.2) is 13.8 Å². The monoisotopic (exact) mass is 627 g/mol. The molecule has 1 aliphatic carbocycles. The molecule has 4 heterocycles. The number of benzene rings is 1. The summed E-state index contributed by atoms with van der Waals surface area (Å²) in [6.07, 6.45) is 7.66. The van der Waals surface area contributed by atoms with Crippen LogP contribution in [0.4, 0.5) is 8.78 Å². The largest absolute Gasteiger partial charge is 0.476 e. The summed E-state index contributed by atoms with van der Waals surface area (Å²) in [7, 11) is 2.05. The zero-order valence-corrected chi connectivity index (χ0v) is 26.2. The van der Waals surface area contributed by atoms with Gasteiger partial charge < -0.3 is 19.4 Å². The van der Waals surface area contributed by atoms with Crippen LogP contribution in [0.1, 0.15) is 55.2 Å². The minimum atomic E-state index is -1.08. The molecule has 0 radical (unpaired) electrons. The van der Waals surface area contributed by atoms with Crippen LogP contribution in [0.25, 0.3) is 5.70 Å². The number of hydrogen-bond donors (Lipinski definition) is 0. The molecule has 0 bridgehead atoms. The quantitative estimate of drug-likeness (QED) is 0.399. The number of aryl methyl sites for hydroxylation is 1. The van der Waals surface area contributed by atoms with E-state index >= 15 is 4.39 Å². The normalized spacial score (nSPS) is 26.2. The number of halogens is 2. The van der Waals surface area contributed by atoms with Crippen LogP contribution in [0.15, 0.2) is 57.7 Å². The van der Waals surface area contributed by atoms with Crippen LogP contribution in [-0.2, 0) is 22.4 Å². The van der Waals surface area contributed by atoms with E-state index in [1.807, 2.05) is 24.1 Å². The Morgan fingerprint density at radius 3 is 2.70 bits per heavy atom. The molecule has 6 rings (SSSR count). The number of fused-ring (bicyclic) bond motifs is 2. The topological polar surface area (TPSA) is 108 Å². The summed E-state index contributed by atoms with van der Waals surface area (Å²) >= 11 is 0. The first-order chi connectivity index (χ1) is 22.3. The standard InChI is InChI=1S/C35H39F2N7O2/c1-22(36)35(45)44-18-17-43(20-24(44)12-14-38)33-28(13-15-39)34(46-21-25-9-6-16-42(25)2)41-32-29(33)19-40-31(30(32)37)27-11-5-8-23-7-3-4-10-26(23)27/h5,8,11,19,24-25,29,32H,1,3-4,6-7,9-10,12-13,16-18,20-21H2,2H3/t24-,25-,29?,32?/m0/s1. The minimum absolute atomic E-state index is 0.0262. The molecule has 2 fully saturated rings. The summed E-state index contributed by atoms with van der Waals surface area (Å²) in [5, 5.41) is 19.5. The smallest absolute Gasteiger partial charge is 0.282 e. The van der Waals surface area contributed by atoms with Crippen molar-refractivity contribution in [3.63, 3.8) is 0 Å². The molecule has 240 valence electrons. The van der Waals surface area contributed by atoms with Gasteiger partial charge in [-0.15, -0.1) is 0 Å². The van der Waals surface area contributed by atoms with E-state index in [-0.39, 0.29) is 50.1 Å². The lowest BCUT2D eigenvalue weighted by Gasteiger charge is -2.46. The number of carbonyl (C=O) groups excluding carboxylic acids is 1. The van der Waals surface area contributed by atoms with Gasteiger partial charge in [-0.1, -0.05) is 24.8 Å².